The molecule has 0 fully saturated rings. The third kappa shape index (κ3) is 6.10. The Kier molecular flexibility index (Phi) is 7.20. The van der Waals surface area contributed by atoms with Gasteiger partial charge in [-0.05, 0) is 29.5 Å². The molecule has 2 N–H and O–H groups in total. The lowest BCUT2D eigenvalue weighted by molar-refractivity contribution is 0.114. The molecule has 0 saturated carbocycles. The predicted octanol–water partition coefficient (Wildman–Crippen LogP) is 2.00. The average Bonchev–Trinajstić information content (AvgIpc) is 3.00. The summed E-state index contributed by atoms with van der Waals surface area (Å²) in [7, 11) is 1.79. The lowest BCUT2D eigenvalue weighted by Crippen LogP contribution is -2.39. The first-order valence-corrected chi connectivity index (χ1v) is 8.46. The van der Waals surface area contributed by atoms with Crippen LogP contribution in [-0.4, -0.2) is 45.9 Å². The van der Waals surface area contributed by atoms with E-state index in [4.69, 9.17) is 9.47 Å². The molecule has 1 aromatic carbocycles. The topological polar surface area (TPSA) is 54.9 Å². The fraction of sp³-hybridized carbons (Fsp3) is 0.611. The predicted molar refractivity (Wildman–Crippen MR) is 94.4 cm³/mol. The largest absolute Gasteiger partial charge is 0.493 e. The van der Waals surface area contributed by atoms with Crippen LogP contribution < -0.4 is 15.4 Å². The first-order chi connectivity index (χ1) is 11.2. The molecular weight excluding hydrogens is 290 g/mol. The normalized spacial score (nSPS) is 13.8. The van der Waals surface area contributed by atoms with Crippen molar-refractivity contribution in [3.8, 4) is 5.75 Å². The Labute approximate surface area is 139 Å². The van der Waals surface area contributed by atoms with Crippen LogP contribution in [0.2, 0.25) is 0 Å². The van der Waals surface area contributed by atoms with Gasteiger partial charge in [0.1, 0.15) is 5.75 Å². The van der Waals surface area contributed by atoms with Crippen molar-refractivity contribution in [2.75, 3.05) is 40.0 Å². The second kappa shape index (κ2) is 9.40. The van der Waals surface area contributed by atoms with Crippen LogP contribution >= 0.6 is 0 Å². The highest BCUT2D eigenvalue weighted by Gasteiger charge is 2.11. The van der Waals surface area contributed by atoms with E-state index in [9.17, 15) is 0 Å². The zero-order valence-corrected chi connectivity index (χ0v) is 14.5. The molecule has 0 aliphatic carbocycles. The highest BCUT2D eigenvalue weighted by atomic mass is 16.5. The zero-order chi connectivity index (χ0) is 16.5. The van der Waals surface area contributed by atoms with Gasteiger partial charge in [0.25, 0.3) is 0 Å². The van der Waals surface area contributed by atoms with E-state index in [2.05, 4.69) is 47.7 Å². The van der Waals surface area contributed by atoms with Gasteiger partial charge in [0, 0.05) is 33.2 Å². The smallest absolute Gasteiger partial charge is 0.191 e. The van der Waals surface area contributed by atoms with Gasteiger partial charge in [-0.1, -0.05) is 26.0 Å². The lowest BCUT2D eigenvalue weighted by atomic mass is 10.1. The summed E-state index contributed by atoms with van der Waals surface area (Å²) in [5.41, 5.74) is 2.66. The molecule has 0 saturated heterocycles. The first-order valence-electron chi connectivity index (χ1n) is 8.46. The van der Waals surface area contributed by atoms with Crippen LogP contribution in [0.3, 0.4) is 0 Å². The van der Waals surface area contributed by atoms with Gasteiger partial charge in [-0.3, -0.25) is 4.99 Å². The van der Waals surface area contributed by atoms with Crippen molar-refractivity contribution in [3.63, 3.8) is 0 Å². The standard InChI is InChI=1S/C18H29N3O2/c1-14(2)13-22-11-9-21-18(19-3)20-8-6-15-4-5-17-16(12-15)7-10-23-17/h4-5,12,14H,6-11,13H2,1-3H3,(H2,19,20,21). The van der Waals surface area contributed by atoms with Gasteiger partial charge in [0.05, 0.1) is 13.2 Å². The minimum absolute atomic E-state index is 0.574. The van der Waals surface area contributed by atoms with Gasteiger partial charge < -0.3 is 20.1 Å². The molecule has 128 valence electrons. The minimum Gasteiger partial charge on any atom is -0.493 e. The SMILES string of the molecule is CN=C(NCCOCC(C)C)NCCc1ccc2c(c1)CCO2. The van der Waals surface area contributed by atoms with Crippen molar-refractivity contribution in [1.29, 1.82) is 0 Å². The van der Waals surface area contributed by atoms with E-state index in [1.807, 2.05) is 0 Å². The third-order valence-electron chi connectivity index (χ3n) is 3.67. The van der Waals surface area contributed by atoms with Crippen molar-refractivity contribution in [2.24, 2.45) is 10.9 Å². The fourth-order valence-electron chi connectivity index (χ4n) is 2.50. The molecule has 1 aliphatic rings. The summed E-state index contributed by atoms with van der Waals surface area (Å²) >= 11 is 0. The Balaban J connectivity index is 1.64. The molecule has 0 amide bonds. The zero-order valence-electron chi connectivity index (χ0n) is 14.5. The van der Waals surface area contributed by atoms with E-state index in [-0.39, 0.29) is 0 Å². The molecule has 1 heterocycles. The third-order valence-corrected chi connectivity index (χ3v) is 3.67. The number of guanidine groups is 1. The van der Waals surface area contributed by atoms with E-state index in [0.29, 0.717) is 12.5 Å². The van der Waals surface area contributed by atoms with E-state index >= 15 is 0 Å². The van der Waals surface area contributed by atoms with Crippen molar-refractivity contribution in [2.45, 2.75) is 26.7 Å². The Hall–Kier alpha value is -1.75. The molecule has 0 aromatic heterocycles. The molecule has 1 aromatic rings. The highest BCUT2D eigenvalue weighted by Crippen LogP contribution is 2.25. The molecule has 5 heteroatoms. The molecule has 1 aliphatic heterocycles. The number of hydrogen-bond donors (Lipinski definition) is 2. The van der Waals surface area contributed by atoms with Crippen LogP contribution in [0.1, 0.15) is 25.0 Å². The van der Waals surface area contributed by atoms with Gasteiger partial charge in [0.2, 0.25) is 0 Å². The highest BCUT2D eigenvalue weighted by molar-refractivity contribution is 5.79. The molecule has 0 unspecified atom stereocenters. The molecule has 0 bridgehead atoms. The summed E-state index contributed by atoms with van der Waals surface area (Å²) in [5, 5.41) is 6.60. The number of rotatable bonds is 8. The summed E-state index contributed by atoms with van der Waals surface area (Å²) in [6.07, 6.45) is 1.99. The van der Waals surface area contributed by atoms with Crippen LogP contribution in [-0.2, 0) is 17.6 Å². The van der Waals surface area contributed by atoms with Gasteiger partial charge in [0.15, 0.2) is 5.96 Å². The Morgan fingerprint density at radius 1 is 1.30 bits per heavy atom. The van der Waals surface area contributed by atoms with Gasteiger partial charge in [-0.15, -0.1) is 0 Å². The molecule has 23 heavy (non-hydrogen) atoms. The molecule has 5 nitrogen and oxygen atoms in total. The maximum Gasteiger partial charge on any atom is 0.191 e. The number of aliphatic imine (C=N–C) groups is 1. The van der Waals surface area contributed by atoms with Gasteiger partial charge in [-0.25, -0.2) is 0 Å². The number of nitrogens with zero attached hydrogens (tertiary/aromatic N) is 1. The summed E-state index contributed by atoms with van der Waals surface area (Å²) < 4.78 is 11.1. The first kappa shape index (κ1) is 17.6. The fourth-order valence-corrected chi connectivity index (χ4v) is 2.50. The molecule has 0 atom stereocenters. The second-order valence-corrected chi connectivity index (χ2v) is 6.19. The molecule has 0 spiro atoms. The van der Waals surface area contributed by atoms with Crippen LogP contribution in [0.5, 0.6) is 5.75 Å². The summed E-state index contributed by atoms with van der Waals surface area (Å²) in [4.78, 5) is 4.23. The van der Waals surface area contributed by atoms with Crippen LogP contribution in [0.25, 0.3) is 0 Å². The number of benzene rings is 1. The number of hydrogen-bond acceptors (Lipinski definition) is 3. The number of fused-ring (bicyclic) bond motifs is 1. The molecule has 2 rings (SSSR count). The van der Waals surface area contributed by atoms with Crippen LogP contribution in [0.15, 0.2) is 23.2 Å². The summed E-state index contributed by atoms with van der Waals surface area (Å²) in [5.74, 6) is 2.44. The lowest BCUT2D eigenvalue weighted by Gasteiger charge is -2.13. The van der Waals surface area contributed by atoms with Gasteiger partial charge in [-0.2, -0.15) is 0 Å². The summed E-state index contributed by atoms with van der Waals surface area (Å²) in [6.45, 7) is 8.23. The maximum atomic E-state index is 5.55. The Bertz CT molecular complexity index is 515. The number of ether oxygens (including phenoxy) is 2. The van der Waals surface area contributed by atoms with E-state index in [1.165, 1.54) is 11.1 Å². The van der Waals surface area contributed by atoms with Crippen LogP contribution in [0.4, 0.5) is 0 Å². The van der Waals surface area contributed by atoms with Crippen molar-refractivity contribution < 1.29 is 9.47 Å². The Morgan fingerprint density at radius 3 is 2.91 bits per heavy atom. The minimum atomic E-state index is 0.574. The van der Waals surface area contributed by atoms with E-state index in [0.717, 1.165) is 50.9 Å². The van der Waals surface area contributed by atoms with Crippen molar-refractivity contribution in [1.82, 2.24) is 10.6 Å². The van der Waals surface area contributed by atoms with Gasteiger partial charge >= 0.3 is 0 Å². The maximum absolute atomic E-state index is 5.55. The Morgan fingerprint density at radius 2 is 2.13 bits per heavy atom. The van der Waals surface area contributed by atoms with Crippen molar-refractivity contribution in [3.05, 3.63) is 29.3 Å². The van der Waals surface area contributed by atoms with Crippen LogP contribution in [0, 0.1) is 5.92 Å². The van der Waals surface area contributed by atoms with Crippen molar-refractivity contribution >= 4 is 5.96 Å². The second-order valence-electron chi connectivity index (χ2n) is 6.19. The summed E-state index contributed by atoms with van der Waals surface area (Å²) in [6, 6.07) is 6.47. The molecule has 0 radical (unpaired) electrons. The quantitative estimate of drug-likeness (QED) is 0.437. The average molecular weight is 319 g/mol. The monoisotopic (exact) mass is 319 g/mol. The number of nitrogens with one attached hydrogen (secondary N) is 2. The van der Waals surface area contributed by atoms with E-state index < -0.39 is 0 Å². The van der Waals surface area contributed by atoms with E-state index in [1.54, 1.807) is 7.05 Å². The molecular formula is C18H29N3O2.